The standard InChI is InChI=1S/C10H18N2O6S/c1-3-18-9(13)8-6-4-5-7-12(8)19(15,16)11-10(14)17-2/h8H,3-7H2,1-2H3,(H,11,14). The summed E-state index contributed by atoms with van der Waals surface area (Å²) in [6.07, 6.45) is 0.639. The van der Waals surface area contributed by atoms with Crippen molar-refractivity contribution in [2.75, 3.05) is 20.3 Å². The van der Waals surface area contributed by atoms with E-state index in [0.29, 0.717) is 12.8 Å². The number of nitrogens with one attached hydrogen (secondary N) is 1. The van der Waals surface area contributed by atoms with Crippen LogP contribution in [0.5, 0.6) is 0 Å². The first-order valence-corrected chi connectivity index (χ1v) is 7.40. The Labute approximate surface area is 112 Å². The predicted octanol–water partition coefficient (Wildman–Crippen LogP) is 0.00480. The molecule has 1 aliphatic heterocycles. The number of nitrogens with zero attached hydrogens (tertiary/aromatic N) is 1. The molecule has 0 bridgehead atoms. The number of amides is 1. The molecule has 1 aliphatic rings. The van der Waals surface area contributed by atoms with Crippen molar-refractivity contribution in [3.8, 4) is 0 Å². The third-order valence-electron chi connectivity index (χ3n) is 2.72. The third-order valence-corrected chi connectivity index (χ3v) is 4.20. The minimum atomic E-state index is -4.10. The van der Waals surface area contributed by atoms with Gasteiger partial charge in [-0.3, -0.25) is 4.79 Å². The van der Waals surface area contributed by atoms with E-state index in [2.05, 4.69) is 4.74 Å². The van der Waals surface area contributed by atoms with Crippen LogP contribution in [0.3, 0.4) is 0 Å². The molecule has 0 aromatic heterocycles. The fraction of sp³-hybridized carbons (Fsp3) is 0.800. The molecule has 1 fully saturated rings. The van der Waals surface area contributed by atoms with Crippen LogP contribution < -0.4 is 4.72 Å². The predicted molar refractivity (Wildman–Crippen MR) is 65.4 cm³/mol. The molecular formula is C10H18N2O6S. The van der Waals surface area contributed by atoms with Crippen LogP contribution in [0.25, 0.3) is 0 Å². The van der Waals surface area contributed by atoms with Gasteiger partial charge in [-0.05, 0) is 26.2 Å². The maximum atomic E-state index is 12.0. The number of hydrogen-bond acceptors (Lipinski definition) is 6. The van der Waals surface area contributed by atoms with E-state index >= 15 is 0 Å². The summed E-state index contributed by atoms with van der Waals surface area (Å²) in [5.41, 5.74) is 0. The van der Waals surface area contributed by atoms with Crippen LogP contribution in [-0.4, -0.2) is 51.1 Å². The number of carbonyl (C=O) groups excluding carboxylic acids is 2. The number of ether oxygens (including phenoxy) is 2. The van der Waals surface area contributed by atoms with Crippen molar-refractivity contribution >= 4 is 22.3 Å². The van der Waals surface area contributed by atoms with Gasteiger partial charge in [0.2, 0.25) is 0 Å². The molecule has 1 rings (SSSR count). The van der Waals surface area contributed by atoms with Crippen molar-refractivity contribution < 1.29 is 27.5 Å². The molecule has 0 aromatic rings. The quantitative estimate of drug-likeness (QED) is 0.732. The first-order valence-electron chi connectivity index (χ1n) is 5.96. The molecule has 0 saturated carbocycles. The van der Waals surface area contributed by atoms with Crippen LogP contribution in [0, 0.1) is 0 Å². The molecular weight excluding hydrogens is 276 g/mol. The lowest BCUT2D eigenvalue weighted by atomic mass is 10.1. The second-order valence-corrected chi connectivity index (χ2v) is 5.60. The van der Waals surface area contributed by atoms with Gasteiger partial charge in [0.05, 0.1) is 13.7 Å². The second-order valence-electron chi connectivity index (χ2n) is 3.97. The van der Waals surface area contributed by atoms with E-state index in [1.165, 1.54) is 0 Å². The van der Waals surface area contributed by atoms with E-state index in [4.69, 9.17) is 4.74 Å². The van der Waals surface area contributed by atoms with Crippen LogP contribution in [0.1, 0.15) is 26.2 Å². The summed E-state index contributed by atoms with van der Waals surface area (Å²) in [6.45, 7) is 1.98. The number of carbonyl (C=O) groups is 2. The lowest BCUT2D eigenvalue weighted by Crippen LogP contribution is -2.53. The van der Waals surface area contributed by atoms with Crippen molar-refractivity contribution in [3.63, 3.8) is 0 Å². The molecule has 8 nitrogen and oxygen atoms in total. The molecule has 1 heterocycles. The SMILES string of the molecule is CCOC(=O)C1CCCCN1S(=O)(=O)NC(=O)OC. The van der Waals surface area contributed by atoms with E-state index in [-0.39, 0.29) is 13.2 Å². The highest BCUT2D eigenvalue weighted by Crippen LogP contribution is 2.20. The van der Waals surface area contributed by atoms with Gasteiger partial charge >= 0.3 is 22.3 Å². The number of piperidine rings is 1. The van der Waals surface area contributed by atoms with E-state index in [9.17, 15) is 18.0 Å². The molecule has 1 unspecified atom stereocenters. The second kappa shape index (κ2) is 6.71. The zero-order valence-electron chi connectivity index (χ0n) is 10.9. The molecule has 0 spiro atoms. The van der Waals surface area contributed by atoms with Crippen LogP contribution >= 0.6 is 0 Å². The van der Waals surface area contributed by atoms with Gasteiger partial charge in [0.15, 0.2) is 0 Å². The highest BCUT2D eigenvalue weighted by atomic mass is 32.2. The summed E-state index contributed by atoms with van der Waals surface area (Å²) in [7, 11) is -3.04. The van der Waals surface area contributed by atoms with Gasteiger partial charge in [0.1, 0.15) is 6.04 Å². The van der Waals surface area contributed by atoms with Crippen LogP contribution in [0.4, 0.5) is 4.79 Å². The largest absolute Gasteiger partial charge is 0.465 e. The van der Waals surface area contributed by atoms with Gasteiger partial charge < -0.3 is 9.47 Å². The van der Waals surface area contributed by atoms with E-state index < -0.39 is 28.3 Å². The lowest BCUT2D eigenvalue weighted by Gasteiger charge is -2.32. The maximum Gasteiger partial charge on any atom is 0.421 e. The highest BCUT2D eigenvalue weighted by molar-refractivity contribution is 7.87. The van der Waals surface area contributed by atoms with E-state index in [1.54, 1.807) is 11.6 Å². The Bertz CT molecular complexity index is 435. The minimum Gasteiger partial charge on any atom is -0.465 e. The topological polar surface area (TPSA) is 102 Å². The molecule has 0 aromatic carbocycles. The molecule has 9 heteroatoms. The van der Waals surface area contributed by atoms with Crippen molar-refractivity contribution in [2.45, 2.75) is 32.2 Å². The third kappa shape index (κ3) is 4.06. The fourth-order valence-electron chi connectivity index (χ4n) is 1.87. The minimum absolute atomic E-state index is 0.163. The van der Waals surface area contributed by atoms with Crippen molar-refractivity contribution in [1.29, 1.82) is 0 Å². The fourth-order valence-corrected chi connectivity index (χ4v) is 3.18. The van der Waals surface area contributed by atoms with Gasteiger partial charge in [-0.15, -0.1) is 0 Å². The first-order chi connectivity index (χ1) is 8.92. The Morgan fingerprint density at radius 1 is 1.37 bits per heavy atom. The molecule has 19 heavy (non-hydrogen) atoms. The molecule has 1 saturated heterocycles. The van der Waals surface area contributed by atoms with Gasteiger partial charge in [0.25, 0.3) is 0 Å². The van der Waals surface area contributed by atoms with Gasteiger partial charge in [-0.2, -0.15) is 12.7 Å². The summed E-state index contributed by atoms with van der Waals surface area (Å²) in [5, 5.41) is 0. The van der Waals surface area contributed by atoms with Crippen molar-refractivity contribution in [1.82, 2.24) is 9.03 Å². The van der Waals surface area contributed by atoms with Gasteiger partial charge in [0, 0.05) is 6.54 Å². The molecule has 110 valence electrons. The van der Waals surface area contributed by atoms with Crippen molar-refractivity contribution in [2.24, 2.45) is 0 Å². The van der Waals surface area contributed by atoms with E-state index in [1.807, 2.05) is 0 Å². The summed E-state index contributed by atoms with van der Waals surface area (Å²) in [4.78, 5) is 22.8. The number of hydrogen-bond donors (Lipinski definition) is 1. The summed E-state index contributed by atoms with van der Waals surface area (Å²) >= 11 is 0. The molecule has 0 aliphatic carbocycles. The molecule has 1 atom stereocenters. The molecule has 1 N–H and O–H groups in total. The average molecular weight is 294 g/mol. The Morgan fingerprint density at radius 3 is 2.63 bits per heavy atom. The Kier molecular flexibility index (Phi) is 5.55. The van der Waals surface area contributed by atoms with Crippen molar-refractivity contribution in [3.05, 3.63) is 0 Å². The summed E-state index contributed by atoms with van der Waals surface area (Å²) in [5.74, 6) is -0.600. The number of rotatable bonds is 4. The van der Waals surface area contributed by atoms with Crippen LogP contribution in [0.15, 0.2) is 0 Å². The number of methoxy groups -OCH3 is 1. The maximum absolute atomic E-state index is 12.0. The molecule has 1 amide bonds. The Balaban J connectivity index is 2.87. The first kappa shape index (κ1) is 15.7. The zero-order valence-corrected chi connectivity index (χ0v) is 11.7. The summed E-state index contributed by atoms with van der Waals surface area (Å²) < 4.78 is 35.7. The van der Waals surface area contributed by atoms with Crippen LogP contribution in [0.2, 0.25) is 0 Å². The smallest absolute Gasteiger partial charge is 0.421 e. The highest BCUT2D eigenvalue weighted by Gasteiger charge is 2.38. The average Bonchev–Trinajstić information content (AvgIpc) is 2.38. The number of esters is 1. The lowest BCUT2D eigenvalue weighted by molar-refractivity contribution is -0.148. The molecule has 0 radical (unpaired) electrons. The Morgan fingerprint density at radius 2 is 2.05 bits per heavy atom. The monoisotopic (exact) mass is 294 g/mol. The Hall–Kier alpha value is -1.35. The summed E-state index contributed by atoms with van der Waals surface area (Å²) in [6, 6.07) is -0.893. The zero-order chi connectivity index (χ0) is 14.5. The van der Waals surface area contributed by atoms with Crippen LogP contribution in [-0.2, 0) is 24.5 Å². The van der Waals surface area contributed by atoms with Gasteiger partial charge in [-0.25, -0.2) is 9.52 Å². The normalized spacial score (nSPS) is 20.6. The van der Waals surface area contributed by atoms with Gasteiger partial charge in [-0.1, -0.05) is 0 Å². The van der Waals surface area contributed by atoms with E-state index in [0.717, 1.165) is 17.8 Å².